The fraction of sp³-hybridized carbons (Fsp3) is 0.0909. The van der Waals surface area contributed by atoms with Crippen molar-refractivity contribution < 1.29 is 8.76 Å². The average Bonchev–Trinajstić information content (AvgIpc) is 2.18. The van der Waals surface area contributed by atoms with Gasteiger partial charge in [-0.15, -0.1) is 0 Å². The molecule has 0 bridgehead atoms. The van der Waals surface area contributed by atoms with Crippen LogP contribution in [0.5, 0.6) is 0 Å². The monoisotopic (exact) mass is 205 g/mol. The summed E-state index contributed by atoms with van der Waals surface area (Å²) >= 11 is -2.02. The molecule has 2 nitrogen and oxygen atoms in total. The Kier molecular flexibility index (Phi) is 2.61. The molecule has 0 spiro atoms. The number of hydrogen-bond donors (Lipinski definition) is 0. The summed E-state index contributed by atoms with van der Waals surface area (Å²) < 4.78 is 21.2. The second-order valence-corrected chi connectivity index (χ2v) is 3.98. The van der Waals surface area contributed by atoms with Gasteiger partial charge in [0.15, 0.2) is 0 Å². The molecule has 2 aromatic rings. The van der Waals surface area contributed by atoms with Gasteiger partial charge < -0.3 is 4.55 Å². The van der Waals surface area contributed by atoms with Crippen molar-refractivity contribution in [1.29, 1.82) is 0 Å². The lowest BCUT2D eigenvalue weighted by atomic mass is 10.1. The van der Waals surface area contributed by atoms with Gasteiger partial charge in [-0.25, -0.2) is 0 Å². The highest BCUT2D eigenvalue weighted by Gasteiger charge is 1.98. The highest BCUT2D eigenvalue weighted by Crippen LogP contribution is 2.19. The van der Waals surface area contributed by atoms with Gasteiger partial charge in [-0.2, -0.15) is 0 Å². The molecule has 0 heterocycles. The zero-order chi connectivity index (χ0) is 9.97. The fourth-order valence-electron chi connectivity index (χ4n) is 1.55. The second-order valence-electron chi connectivity index (χ2n) is 3.09. The summed E-state index contributed by atoms with van der Waals surface area (Å²) in [6.45, 7) is 0. The standard InChI is InChI=1S/C11H10O2S/c12-14(13)8-10-6-3-5-9-4-1-2-7-11(9)10/h1-7H,8H2,(H,12,13)/p-1. The van der Waals surface area contributed by atoms with Gasteiger partial charge in [0.1, 0.15) is 0 Å². The summed E-state index contributed by atoms with van der Waals surface area (Å²) in [6, 6.07) is 13.5. The van der Waals surface area contributed by atoms with Crippen molar-refractivity contribution in [2.24, 2.45) is 0 Å². The average molecular weight is 205 g/mol. The molecule has 0 N–H and O–H groups in total. The lowest BCUT2D eigenvalue weighted by Gasteiger charge is -2.08. The molecule has 0 aromatic heterocycles. The smallest absolute Gasteiger partial charge is 0.0359 e. The van der Waals surface area contributed by atoms with Crippen LogP contribution in [0.25, 0.3) is 10.8 Å². The van der Waals surface area contributed by atoms with E-state index in [1.807, 2.05) is 42.5 Å². The zero-order valence-corrected chi connectivity index (χ0v) is 8.29. The van der Waals surface area contributed by atoms with Crippen LogP contribution in [-0.4, -0.2) is 8.76 Å². The van der Waals surface area contributed by atoms with E-state index in [2.05, 4.69) is 0 Å². The Morgan fingerprint density at radius 3 is 2.57 bits per heavy atom. The van der Waals surface area contributed by atoms with Crippen LogP contribution in [0.15, 0.2) is 42.5 Å². The van der Waals surface area contributed by atoms with Gasteiger partial charge in [-0.3, -0.25) is 4.21 Å². The van der Waals surface area contributed by atoms with Gasteiger partial charge in [0.2, 0.25) is 0 Å². The predicted octanol–water partition coefficient (Wildman–Crippen LogP) is 2.22. The molecule has 0 fully saturated rings. The normalized spacial score (nSPS) is 12.9. The Balaban J connectivity index is 2.59. The topological polar surface area (TPSA) is 40.1 Å². The van der Waals surface area contributed by atoms with Crippen LogP contribution in [0.2, 0.25) is 0 Å². The highest BCUT2D eigenvalue weighted by molar-refractivity contribution is 7.78. The predicted molar refractivity (Wildman–Crippen MR) is 56.6 cm³/mol. The van der Waals surface area contributed by atoms with Crippen molar-refractivity contribution in [2.45, 2.75) is 5.75 Å². The molecular formula is C11H9O2S-. The van der Waals surface area contributed by atoms with Crippen molar-refractivity contribution >= 4 is 21.9 Å². The van der Waals surface area contributed by atoms with Crippen LogP contribution < -0.4 is 0 Å². The van der Waals surface area contributed by atoms with E-state index in [1.165, 1.54) is 0 Å². The zero-order valence-electron chi connectivity index (χ0n) is 7.47. The van der Waals surface area contributed by atoms with Crippen molar-refractivity contribution in [3.05, 3.63) is 48.0 Å². The minimum atomic E-state index is -2.02. The van der Waals surface area contributed by atoms with E-state index in [4.69, 9.17) is 0 Å². The van der Waals surface area contributed by atoms with Crippen molar-refractivity contribution in [3.8, 4) is 0 Å². The summed E-state index contributed by atoms with van der Waals surface area (Å²) in [5, 5.41) is 2.09. The Hall–Kier alpha value is -1.19. The fourth-order valence-corrected chi connectivity index (χ4v) is 2.05. The highest BCUT2D eigenvalue weighted by atomic mass is 32.2. The van der Waals surface area contributed by atoms with Gasteiger partial charge >= 0.3 is 0 Å². The van der Waals surface area contributed by atoms with E-state index in [1.54, 1.807) is 0 Å². The van der Waals surface area contributed by atoms with E-state index in [-0.39, 0.29) is 5.75 Å². The molecule has 0 saturated heterocycles. The molecule has 14 heavy (non-hydrogen) atoms. The van der Waals surface area contributed by atoms with E-state index in [9.17, 15) is 8.76 Å². The van der Waals surface area contributed by atoms with Crippen LogP contribution in [-0.2, 0) is 16.8 Å². The molecule has 2 rings (SSSR count). The third-order valence-corrected chi connectivity index (χ3v) is 2.70. The number of fused-ring (bicyclic) bond motifs is 1. The van der Waals surface area contributed by atoms with Gasteiger partial charge in [-0.05, 0) is 16.3 Å². The molecule has 0 radical (unpaired) electrons. The minimum absolute atomic E-state index is 0.0847. The Bertz CT molecular complexity index is 474. The minimum Gasteiger partial charge on any atom is -0.772 e. The third-order valence-electron chi connectivity index (χ3n) is 2.15. The van der Waals surface area contributed by atoms with Crippen molar-refractivity contribution in [1.82, 2.24) is 0 Å². The molecule has 1 unspecified atom stereocenters. The van der Waals surface area contributed by atoms with E-state index < -0.39 is 11.1 Å². The molecule has 0 aliphatic rings. The number of benzene rings is 2. The van der Waals surface area contributed by atoms with Crippen LogP contribution >= 0.6 is 0 Å². The lowest BCUT2D eigenvalue weighted by molar-refractivity contribution is 0.536. The molecule has 0 aliphatic carbocycles. The maximum Gasteiger partial charge on any atom is 0.0359 e. The summed E-state index contributed by atoms with van der Waals surface area (Å²) in [5.74, 6) is 0.0847. The van der Waals surface area contributed by atoms with Crippen LogP contribution in [0.3, 0.4) is 0 Å². The maximum absolute atomic E-state index is 10.6. The first-order valence-corrected chi connectivity index (χ1v) is 5.54. The summed E-state index contributed by atoms with van der Waals surface area (Å²) in [5.41, 5.74) is 0.858. The largest absolute Gasteiger partial charge is 0.772 e. The summed E-state index contributed by atoms with van der Waals surface area (Å²) in [4.78, 5) is 0. The van der Waals surface area contributed by atoms with Crippen LogP contribution in [0, 0.1) is 0 Å². The quantitative estimate of drug-likeness (QED) is 0.705. The number of rotatable bonds is 2. The molecule has 0 aliphatic heterocycles. The van der Waals surface area contributed by atoms with Crippen molar-refractivity contribution in [3.63, 3.8) is 0 Å². The molecular weight excluding hydrogens is 196 g/mol. The van der Waals surface area contributed by atoms with E-state index in [0.29, 0.717) is 0 Å². The first-order chi connectivity index (χ1) is 6.77. The van der Waals surface area contributed by atoms with Gasteiger partial charge in [0.25, 0.3) is 0 Å². The SMILES string of the molecule is O=S([O-])Cc1cccc2ccccc12. The summed E-state index contributed by atoms with van der Waals surface area (Å²) in [6.07, 6.45) is 0. The van der Waals surface area contributed by atoms with E-state index in [0.717, 1.165) is 16.3 Å². The van der Waals surface area contributed by atoms with E-state index >= 15 is 0 Å². The Labute approximate surface area is 84.9 Å². The first-order valence-electron chi connectivity index (χ1n) is 4.30. The van der Waals surface area contributed by atoms with Crippen molar-refractivity contribution in [2.75, 3.05) is 0 Å². The Morgan fingerprint density at radius 2 is 1.79 bits per heavy atom. The van der Waals surface area contributed by atoms with Gasteiger partial charge in [0.05, 0.1) is 0 Å². The molecule has 0 saturated carbocycles. The molecule has 3 heteroatoms. The molecule has 1 atom stereocenters. The summed E-state index contributed by atoms with van der Waals surface area (Å²) in [7, 11) is 0. The molecule has 72 valence electrons. The van der Waals surface area contributed by atoms with Crippen LogP contribution in [0.1, 0.15) is 5.56 Å². The lowest BCUT2D eigenvalue weighted by Crippen LogP contribution is -1.93. The Morgan fingerprint density at radius 1 is 1.07 bits per heavy atom. The molecule has 0 amide bonds. The van der Waals surface area contributed by atoms with Gasteiger partial charge in [-0.1, -0.05) is 53.5 Å². The second kappa shape index (κ2) is 3.90. The number of hydrogen-bond acceptors (Lipinski definition) is 2. The maximum atomic E-state index is 10.6. The molecule has 2 aromatic carbocycles. The first kappa shape index (κ1) is 9.37. The van der Waals surface area contributed by atoms with Crippen LogP contribution in [0.4, 0.5) is 0 Å². The van der Waals surface area contributed by atoms with Gasteiger partial charge in [0, 0.05) is 5.75 Å². The third kappa shape index (κ3) is 1.84.